The lowest BCUT2D eigenvalue weighted by atomic mass is 10.1. The van der Waals surface area contributed by atoms with E-state index >= 15 is 4.39 Å². The Bertz CT molecular complexity index is 1110. The fraction of sp³-hybridized carbons (Fsp3) is 0.400. The van der Waals surface area contributed by atoms with Gasteiger partial charge >= 0.3 is 12.1 Å². The van der Waals surface area contributed by atoms with Crippen LogP contribution in [0.5, 0.6) is 5.75 Å². The van der Waals surface area contributed by atoms with Crippen LogP contribution in [0.2, 0.25) is 0 Å². The molecule has 0 spiro atoms. The molecular formula is C25H28BrFN2O5S. The normalized spacial score (nSPS) is 14.4. The van der Waals surface area contributed by atoms with Crippen LogP contribution >= 0.6 is 27.7 Å². The third-order valence-corrected chi connectivity index (χ3v) is 6.80. The van der Waals surface area contributed by atoms with Crippen molar-refractivity contribution in [1.82, 2.24) is 4.90 Å². The van der Waals surface area contributed by atoms with Crippen LogP contribution in [0.15, 0.2) is 50.8 Å². The predicted molar refractivity (Wildman–Crippen MR) is 136 cm³/mol. The summed E-state index contributed by atoms with van der Waals surface area (Å²) >= 11 is 4.76. The van der Waals surface area contributed by atoms with Gasteiger partial charge in [-0.05, 0) is 36.8 Å². The fourth-order valence-electron chi connectivity index (χ4n) is 3.48. The summed E-state index contributed by atoms with van der Waals surface area (Å²) < 4.78 is 32.0. The number of thioether (sulfide) groups is 1. The molecule has 0 saturated heterocycles. The van der Waals surface area contributed by atoms with Crippen molar-refractivity contribution in [3.63, 3.8) is 0 Å². The van der Waals surface area contributed by atoms with E-state index in [1.165, 1.54) is 29.7 Å². The fourth-order valence-corrected chi connectivity index (χ4v) is 4.93. The first kappa shape index (κ1) is 27.0. The highest BCUT2D eigenvalue weighted by molar-refractivity contribution is 9.10. The Balaban J connectivity index is 1.88. The molecular weight excluding hydrogens is 539 g/mol. The molecule has 0 fully saturated rings. The molecule has 35 heavy (non-hydrogen) atoms. The second-order valence-electron chi connectivity index (χ2n) is 8.18. The number of esters is 1. The first-order chi connectivity index (χ1) is 16.7. The van der Waals surface area contributed by atoms with Gasteiger partial charge in [0.05, 0.1) is 12.0 Å². The van der Waals surface area contributed by atoms with E-state index in [9.17, 15) is 9.59 Å². The average molecular weight is 567 g/mol. The zero-order valence-electron chi connectivity index (χ0n) is 20.0. The quantitative estimate of drug-likeness (QED) is 0.221. The molecule has 1 atom stereocenters. The van der Waals surface area contributed by atoms with Gasteiger partial charge in [0.2, 0.25) is 0 Å². The SMILES string of the molecule is COc1ccc(Br)cc1CSc1c(F)cccc1C1=NCCCN1C(=O)OC(OC(C)=O)C(C)C. The van der Waals surface area contributed by atoms with E-state index < -0.39 is 24.2 Å². The van der Waals surface area contributed by atoms with E-state index in [1.54, 1.807) is 33.1 Å². The lowest BCUT2D eigenvalue weighted by molar-refractivity contribution is -0.173. The Labute approximate surface area is 217 Å². The monoisotopic (exact) mass is 566 g/mol. The zero-order valence-corrected chi connectivity index (χ0v) is 22.4. The van der Waals surface area contributed by atoms with Crippen molar-refractivity contribution in [1.29, 1.82) is 0 Å². The van der Waals surface area contributed by atoms with Gasteiger partial charge in [-0.1, -0.05) is 35.8 Å². The smallest absolute Gasteiger partial charge is 0.418 e. The second-order valence-corrected chi connectivity index (χ2v) is 10.1. The molecule has 1 aliphatic heterocycles. The number of rotatable bonds is 8. The van der Waals surface area contributed by atoms with Crippen LogP contribution in [-0.2, 0) is 20.0 Å². The Morgan fingerprint density at radius 2 is 2.00 bits per heavy atom. The maximum Gasteiger partial charge on any atom is 0.418 e. The molecule has 2 aromatic carbocycles. The molecule has 10 heteroatoms. The highest BCUT2D eigenvalue weighted by Gasteiger charge is 2.31. The van der Waals surface area contributed by atoms with Gasteiger partial charge in [-0.15, -0.1) is 11.8 Å². The largest absolute Gasteiger partial charge is 0.496 e. The van der Waals surface area contributed by atoms with Crippen LogP contribution in [0.25, 0.3) is 0 Å². The molecule has 1 amide bonds. The number of benzene rings is 2. The summed E-state index contributed by atoms with van der Waals surface area (Å²) in [5.74, 6) is 0.266. The number of aliphatic imine (C=N–C) groups is 1. The van der Waals surface area contributed by atoms with Gasteiger partial charge in [0.25, 0.3) is 6.29 Å². The molecule has 0 N–H and O–H groups in total. The van der Waals surface area contributed by atoms with E-state index in [0.717, 1.165) is 10.0 Å². The molecule has 1 heterocycles. The second kappa shape index (κ2) is 12.4. The van der Waals surface area contributed by atoms with Crippen molar-refractivity contribution < 1.29 is 28.2 Å². The van der Waals surface area contributed by atoms with E-state index in [4.69, 9.17) is 14.2 Å². The maximum atomic E-state index is 15.0. The zero-order chi connectivity index (χ0) is 25.5. The molecule has 3 rings (SSSR count). The van der Waals surface area contributed by atoms with Gasteiger partial charge in [0, 0.05) is 47.3 Å². The van der Waals surface area contributed by atoms with Gasteiger partial charge < -0.3 is 14.2 Å². The van der Waals surface area contributed by atoms with E-state index in [2.05, 4.69) is 20.9 Å². The molecule has 1 aliphatic rings. The van der Waals surface area contributed by atoms with Gasteiger partial charge in [-0.2, -0.15) is 0 Å². The molecule has 7 nitrogen and oxygen atoms in total. The maximum absolute atomic E-state index is 15.0. The van der Waals surface area contributed by atoms with E-state index in [1.807, 2.05) is 18.2 Å². The number of methoxy groups -OCH3 is 1. The first-order valence-corrected chi connectivity index (χ1v) is 12.9. The van der Waals surface area contributed by atoms with Crippen LogP contribution in [0.3, 0.4) is 0 Å². The number of amidine groups is 1. The molecule has 1 unspecified atom stereocenters. The van der Waals surface area contributed by atoms with Crippen molar-refractivity contribution in [2.75, 3.05) is 20.2 Å². The Morgan fingerprint density at radius 3 is 2.69 bits per heavy atom. The number of nitrogens with zero attached hydrogens (tertiary/aromatic N) is 2. The summed E-state index contributed by atoms with van der Waals surface area (Å²) in [5.41, 5.74) is 1.39. The highest BCUT2D eigenvalue weighted by Crippen LogP contribution is 2.34. The first-order valence-electron chi connectivity index (χ1n) is 11.1. The number of carbonyl (C=O) groups is 2. The molecule has 2 aromatic rings. The van der Waals surface area contributed by atoms with Crippen LogP contribution in [0.1, 0.15) is 38.3 Å². The number of hydrogen-bond acceptors (Lipinski definition) is 7. The number of amides is 1. The molecule has 188 valence electrons. The lowest BCUT2D eigenvalue weighted by Crippen LogP contribution is -2.44. The van der Waals surface area contributed by atoms with Crippen LogP contribution < -0.4 is 4.74 Å². The number of halogens is 2. The van der Waals surface area contributed by atoms with Crippen molar-refractivity contribution in [2.24, 2.45) is 10.9 Å². The van der Waals surface area contributed by atoms with Crippen LogP contribution in [0.4, 0.5) is 9.18 Å². The third-order valence-electron chi connectivity index (χ3n) is 5.14. The van der Waals surface area contributed by atoms with E-state index in [-0.39, 0.29) is 5.92 Å². The summed E-state index contributed by atoms with van der Waals surface area (Å²) in [6, 6.07) is 10.4. The average Bonchev–Trinajstić information content (AvgIpc) is 2.82. The van der Waals surface area contributed by atoms with Crippen LogP contribution in [-0.4, -0.2) is 49.3 Å². The summed E-state index contributed by atoms with van der Waals surface area (Å²) in [4.78, 5) is 30.8. The Morgan fingerprint density at radius 1 is 1.23 bits per heavy atom. The molecule has 0 aromatic heterocycles. The number of carbonyl (C=O) groups excluding carboxylic acids is 2. The third kappa shape index (κ3) is 6.98. The lowest BCUT2D eigenvalue weighted by Gasteiger charge is -2.30. The van der Waals surface area contributed by atoms with Crippen molar-refractivity contribution in [3.8, 4) is 5.75 Å². The minimum atomic E-state index is -1.03. The molecule has 0 radical (unpaired) electrons. The minimum absolute atomic E-state index is 0.242. The molecule has 0 saturated carbocycles. The van der Waals surface area contributed by atoms with E-state index in [0.29, 0.717) is 47.3 Å². The topological polar surface area (TPSA) is 77.4 Å². The standard InChI is InChI=1S/C25H28BrFN2O5S/c1-15(2)24(33-16(3)30)34-25(31)29-12-6-11-28-23(29)19-7-5-8-20(27)22(19)35-14-17-13-18(26)9-10-21(17)32-4/h5,7-10,13,15,24H,6,11-12,14H2,1-4H3. The summed E-state index contributed by atoms with van der Waals surface area (Å²) in [7, 11) is 1.59. The van der Waals surface area contributed by atoms with Gasteiger partial charge in [0.15, 0.2) is 0 Å². The number of hydrogen-bond donors (Lipinski definition) is 0. The van der Waals surface area contributed by atoms with Crippen molar-refractivity contribution in [3.05, 3.63) is 57.8 Å². The number of ether oxygens (including phenoxy) is 3. The Kier molecular flexibility index (Phi) is 9.56. The van der Waals surface area contributed by atoms with Crippen molar-refractivity contribution >= 4 is 45.6 Å². The Hall–Kier alpha value is -2.59. The van der Waals surface area contributed by atoms with Crippen LogP contribution in [0, 0.1) is 11.7 Å². The van der Waals surface area contributed by atoms with Gasteiger partial charge in [-0.3, -0.25) is 14.7 Å². The molecule has 0 bridgehead atoms. The van der Waals surface area contributed by atoms with Gasteiger partial charge in [0.1, 0.15) is 17.4 Å². The van der Waals surface area contributed by atoms with Gasteiger partial charge in [-0.25, -0.2) is 9.18 Å². The predicted octanol–water partition coefficient (Wildman–Crippen LogP) is 6.02. The van der Waals surface area contributed by atoms with Crippen molar-refractivity contribution in [2.45, 2.75) is 44.1 Å². The summed E-state index contributed by atoms with van der Waals surface area (Å²) in [6.07, 6.45) is -1.10. The summed E-state index contributed by atoms with van der Waals surface area (Å²) in [6.45, 7) is 5.67. The summed E-state index contributed by atoms with van der Waals surface area (Å²) in [5, 5.41) is 0. The highest BCUT2D eigenvalue weighted by atomic mass is 79.9. The minimum Gasteiger partial charge on any atom is -0.496 e. The molecule has 0 aliphatic carbocycles.